The molecule has 34 heavy (non-hydrogen) atoms. The molecule has 0 aromatic heterocycles. The number of anilines is 2. The molecular weight excluding hydrogens is 428 g/mol. The maximum atomic E-state index is 12.7. The number of amides is 3. The summed E-state index contributed by atoms with van der Waals surface area (Å²) in [7, 11) is 0. The number of hydrogen-bond acceptors (Lipinski definition) is 4. The van der Waals surface area contributed by atoms with E-state index in [2.05, 4.69) is 17.6 Å². The molecule has 0 bridgehead atoms. The van der Waals surface area contributed by atoms with E-state index in [1.165, 1.54) is 6.42 Å². The van der Waals surface area contributed by atoms with E-state index in [1.54, 1.807) is 30.3 Å². The van der Waals surface area contributed by atoms with Crippen molar-refractivity contribution < 1.29 is 14.4 Å². The predicted molar refractivity (Wildman–Crippen MR) is 134 cm³/mol. The summed E-state index contributed by atoms with van der Waals surface area (Å²) in [6.45, 7) is 5.51. The van der Waals surface area contributed by atoms with Crippen molar-refractivity contribution in [3.63, 3.8) is 0 Å². The smallest absolute Gasteiger partial charge is 0.253 e. The number of hydrogen-bond donors (Lipinski definition) is 2. The summed E-state index contributed by atoms with van der Waals surface area (Å²) in [5.41, 5.74) is 2.65. The van der Waals surface area contributed by atoms with Gasteiger partial charge in [-0.05, 0) is 80.5 Å². The second kappa shape index (κ2) is 11.2. The van der Waals surface area contributed by atoms with Crippen molar-refractivity contribution in [2.24, 2.45) is 5.92 Å². The van der Waals surface area contributed by atoms with Gasteiger partial charge in [-0.1, -0.05) is 13.0 Å². The van der Waals surface area contributed by atoms with Crippen LogP contribution in [0.1, 0.15) is 59.7 Å². The highest BCUT2D eigenvalue weighted by molar-refractivity contribution is 5.97. The van der Waals surface area contributed by atoms with Gasteiger partial charge < -0.3 is 20.4 Å². The summed E-state index contributed by atoms with van der Waals surface area (Å²) < 4.78 is 0. The molecule has 0 unspecified atom stereocenters. The van der Waals surface area contributed by atoms with Crippen LogP contribution < -0.4 is 10.6 Å². The monoisotopic (exact) mass is 462 g/mol. The number of nitrogens with zero attached hydrogens (tertiary/aromatic N) is 2. The topological polar surface area (TPSA) is 81.8 Å². The van der Waals surface area contributed by atoms with Crippen LogP contribution in [0.15, 0.2) is 48.5 Å². The van der Waals surface area contributed by atoms with Gasteiger partial charge in [0.15, 0.2) is 0 Å². The van der Waals surface area contributed by atoms with E-state index in [9.17, 15) is 14.4 Å². The van der Waals surface area contributed by atoms with Gasteiger partial charge in [0.25, 0.3) is 11.8 Å². The second-order valence-corrected chi connectivity index (χ2v) is 9.39. The minimum Gasteiger partial charge on any atom is -0.376 e. The Morgan fingerprint density at radius 3 is 2.15 bits per heavy atom. The minimum atomic E-state index is -0.197. The Morgan fingerprint density at radius 2 is 1.44 bits per heavy atom. The van der Waals surface area contributed by atoms with Gasteiger partial charge in [-0.3, -0.25) is 14.4 Å². The zero-order valence-corrected chi connectivity index (χ0v) is 19.9. The lowest BCUT2D eigenvalue weighted by atomic mass is 9.98. The fourth-order valence-corrected chi connectivity index (χ4v) is 4.52. The van der Waals surface area contributed by atoms with Crippen LogP contribution >= 0.6 is 0 Å². The van der Waals surface area contributed by atoms with E-state index >= 15 is 0 Å². The highest BCUT2D eigenvalue weighted by Gasteiger charge is 2.21. The molecule has 7 heteroatoms. The van der Waals surface area contributed by atoms with Crippen molar-refractivity contribution in [2.75, 3.05) is 43.4 Å². The number of carbonyl (C=O) groups is 3. The lowest BCUT2D eigenvalue weighted by Gasteiger charge is -2.30. The molecule has 2 aromatic carbocycles. The van der Waals surface area contributed by atoms with Gasteiger partial charge >= 0.3 is 0 Å². The van der Waals surface area contributed by atoms with Gasteiger partial charge in [0.05, 0.1) is 6.54 Å². The SMILES string of the molecule is CC1CCN(C(=O)c2ccc(NC(=O)CNc3cccc(C(=O)N4CCCCC4)c3)cc2)CC1. The number of nitrogens with one attached hydrogen (secondary N) is 2. The molecule has 2 aliphatic heterocycles. The Morgan fingerprint density at radius 1 is 0.794 bits per heavy atom. The van der Waals surface area contributed by atoms with E-state index in [-0.39, 0.29) is 24.3 Å². The quantitative estimate of drug-likeness (QED) is 0.673. The zero-order chi connectivity index (χ0) is 23.9. The van der Waals surface area contributed by atoms with E-state index in [1.807, 2.05) is 28.0 Å². The first kappa shape index (κ1) is 23.8. The molecule has 2 saturated heterocycles. The first-order chi connectivity index (χ1) is 16.5. The summed E-state index contributed by atoms with van der Waals surface area (Å²) in [6, 6.07) is 14.3. The third-order valence-electron chi connectivity index (χ3n) is 6.69. The van der Waals surface area contributed by atoms with Crippen molar-refractivity contribution in [2.45, 2.75) is 39.0 Å². The van der Waals surface area contributed by atoms with Crippen LogP contribution in [-0.2, 0) is 4.79 Å². The Hall–Kier alpha value is -3.35. The molecule has 0 aliphatic carbocycles. The molecule has 2 N–H and O–H groups in total. The number of piperidine rings is 2. The number of benzene rings is 2. The van der Waals surface area contributed by atoms with Gasteiger partial charge in [-0.15, -0.1) is 0 Å². The van der Waals surface area contributed by atoms with Crippen LogP contribution in [0.25, 0.3) is 0 Å². The lowest BCUT2D eigenvalue weighted by molar-refractivity contribution is -0.114. The van der Waals surface area contributed by atoms with E-state index in [0.717, 1.165) is 57.5 Å². The Balaban J connectivity index is 1.27. The van der Waals surface area contributed by atoms with Gasteiger partial charge in [0.1, 0.15) is 0 Å². The molecular formula is C27H34N4O3. The fourth-order valence-electron chi connectivity index (χ4n) is 4.52. The zero-order valence-electron chi connectivity index (χ0n) is 19.9. The van der Waals surface area contributed by atoms with Crippen molar-refractivity contribution in [1.29, 1.82) is 0 Å². The van der Waals surface area contributed by atoms with Gasteiger partial charge in [0.2, 0.25) is 5.91 Å². The van der Waals surface area contributed by atoms with Crippen molar-refractivity contribution in [3.8, 4) is 0 Å². The van der Waals surface area contributed by atoms with Gasteiger partial charge in [0, 0.05) is 48.7 Å². The Bertz CT molecular complexity index is 1010. The Kier molecular flexibility index (Phi) is 7.83. The minimum absolute atomic E-state index is 0.0431. The summed E-state index contributed by atoms with van der Waals surface area (Å²) >= 11 is 0. The summed E-state index contributed by atoms with van der Waals surface area (Å²) in [6.07, 6.45) is 5.37. The Labute approximate surface area is 201 Å². The molecule has 0 atom stereocenters. The van der Waals surface area contributed by atoms with Crippen LogP contribution in [0.2, 0.25) is 0 Å². The van der Waals surface area contributed by atoms with E-state index in [4.69, 9.17) is 0 Å². The molecule has 0 spiro atoms. The van der Waals surface area contributed by atoms with Crippen LogP contribution in [0.4, 0.5) is 11.4 Å². The number of carbonyl (C=O) groups excluding carboxylic acids is 3. The molecule has 0 saturated carbocycles. The van der Waals surface area contributed by atoms with Crippen LogP contribution in [0, 0.1) is 5.92 Å². The first-order valence-electron chi connectivity index (χ1n) is 12.3. The third-order valence-corrected chi connectivity index (χ3v) is 6.69. The summed E-state index contributed by atoms with van der Waals surface area (Å²) in [5.74, 6) is 0.566. The predicted octanol–water partition coefficient (Wildman–Crippen LogP) is 4.24. The molecule has 180 valence electrons. The van der Waals surface area contributed by atoms with Crippen LogP contribution in [-0.4, -0.2) is 60.2 Å². The van der Waals surface area contributed by atoms with Crippen LogP contribution in [0.3, 0.4) is 0 Å². The maximum absolute atomic E-state index is 12.7. The lowest BCUT2D eigenvalue weighted by Crippen LogP contribution is -2.37. The summed E-state index contributed by atoms with van der Waals surface area (Å²) in [5, 5.41) is 5.95. The fraction of sp³-hybridized carbons (Fsp3) is 0.444. The van der Waals surface area contributed by atoms with Crippen molar-refractivity contribution in [3.05, 3.63) is 59.7 Å². The molecule has 4 rings (SSSR count). The van der Waals surface area contributed by atoms with Gasteiger partial charge in [-0.25, -0.2) is 0 Å². The molecule has 2 aliphatic rings. The number of rotatable bonds is 6. The number of likely N-dealkylation sites (tertiary alicyclic amines) is 2. The van der Waals surface area contributed by atoms with Crippen molar-refractivity contribution in [1.82, 2.24) is 9.80 Å². The second-order valence-electron chi connectivity index (χ2n) is 9.39. The molecule has 7 nitrogen and oxygen atoms in total. The van der Waals surface area contributed by atoms with E-state index in [0.29, 0.717) is 22.7 Å². The van der Waals surface area contributed by atoms with Crippen LogP contribution in [0.5, 0.6) is 0 Å². The van der Waals surface area contributed by atoms with Gasteiger partial charge in [-0.2, -0.15) is 0 Å². The molecule has 2 aromatic rings. The van der Waals surface area contributed by atoms with Crippen molar-refractivity contribution >= 4 is 29.1 Å². The third kappa shape index (κ3) is 6.16. The standard InChI is InChI=1S/C27H34N4O3/c1-20-12-16-31(17-13-20)26(33)21-8-10-23(11-9-21)29-25(32)19-28-24-7-5-6-22(18-24)27(34)30-14-3-2-4-15-30/h5-11,18,20,28H,2-4,12-17,19H2,1H3,(H,29,32). The largest absolute Gasteiger partial charge is 0.376 e. The highest BCUT2D eigenvalue weighted by atomic mass is 16.2. The molecule has 2 fully saturated rings. The summed E-state index contributed by atoms with van der Waals surface area (Å²) in [4.78, 5) is 41.6. The van der Waals surface area contributed by atoms with E-state index < -0.39 is 0 Å². The molecule has 0 radical (unpaired) electrons. The first-order valence-corrected chi connectivity index (χ1v) is 12.3. The highest BCUT2D eigenvalue weighted by Crippen LogP contribution is 2.20. The molecule has 3 amide bonds. The molecule has 2 heterocycles. The maximum Gasteiger partial charge on any atom is 0.253 e. The normalized spacial score (nSPS) is 16.7. The average molecular weight is 463 g/mol. The average Bonchev–Trinajstić information content (AvgIpc) is 2.88.